The minimum atomic E-state index is -0.714. The summed E-state index contributed by atoms with van der Waals surface area (Å²) in [6.45, 7) is 2.20. The van der Waals surface area contributed by atoms with Crippen molar-refractivity contribution < 1.29 is 14.3 Å². The summed E-state index contributed by atoms with van der Waals surface area (Å²) in [5.41, 5.74) is 3.33. The van der Waals surface area contributed by atoms with E-state index in [-0.39, 0.29) is 18.8 Å². The smallest absolute Gasteiger partial charge is 0.338 e. The van der Waals surface area contributed by atoms with Crippen LogP contribution >= 0.6 is 34.3 Å². The van der Waals surface area contributed by atoms with E-state index in [9.17, 15) is 9.59 Å². The molecule has 1 aliphatic rings. The minimum Gasteiger partial charge on any atom is -0.488 e. The molecule has 3 heterocycles. The van der Waals surface area contributed by atoms with Gasteiger partial charge >= 0.3 is 5.97 Å². The monoisotopic (exact) mass is 637 g/mol. The molecule has 0 aliphatic carbocycles. The van der Waals surface area contributed by atoms with Gasteiger partial charge in [-0.1, -0.05) is 71.5 Å². The molecule has 0 bridgehead atoms. The van der Waals surface area contributed by atoms with E-state index in [0.717, 1.165) is 16.0 Å². The molecule has 10 heteroatoms. The number of thiazole rings is 1. The minimum absolute atomic E-state index is 0.187. The molecule has 218 valence electrons. The highest BCUT2D eigenvalue weighted by Crippen LogP contribution is 2.37. The molecule has 3 aromatic carbocycles. The zero-order valence-corrected chi connectivity index (χ0v) is 25.8. The molecule has 0 saturated carbocycles. The highest BCUT2D eigenvalue weighted by molar-refractivity contribution is 7.10. The fourth-order valence-corrected chi connectivity index (χ4v) is 6.89. The first-order valence-corrected chi connectivity index (χ1v) is 15.8. The second-order valence-electron chi connectivity index (χ2n) is 9.73. The summed E-state index contributed by atoms with van der Waals surface area (Å²) in [5.74, 6) is 0.0210. The maximum Gasteiger partial charge on any atom is 0.338 e. The van der Waals surface area contributed by atoms with Crippen LogP contribution in [0.5, 0.6) is 5.75 Å². The van der Waals surface area contributed by atoms with Gasteiger partial charge in [-0.2, -0.15) is 5.26 Å². The lowest BCUT2D eigenvalue weighted by molar-refractivity contribution is -0.138. The molecule has 0 fully saturated rings. The molecule has 0 amide bonds. The van der Waals surface area contributed by atoms with Crippen LogP contribution in [0.2, 0.25) is 5.02 Å². The number of carbonyl (C=O) groups excluding carboxylic acids is 1. The lowest BCUT2D eigenvalue weighted by Crippen LogP contribution is -2.39. The Hall–Kier alpha value is -4.75. The first-order chi connectivity index (χ1) is 21.5. The van der Waals surface area contributed by atoms with E-state index in [1.807, 2.05) is 60.0 Å². The number of carbonyl (C=O) groups is 1. The molecule has 0 saturated heterocycles. The van der Waals surface area contributed by atoms with Crippen LogP contribution in [0.25, 0.3) is 11.8 Å². The highest BCUT2D eigenvalue weighted by atomic mass is 35.5. The van der Waals surface area contributed by atoms with Crippen molar-refractivity contribution in [3.8, 4) is 11.8 Å². The first kappa shape index (κ1) is 29.3. The lowest BCUT2D eigenvalue weighted by Gasteiger charge is -2.24. The zero-order chi connectivity index (χ0) is 30.6. The van der Waals surface area contributed by atoms with E-state index in [2.05, 4.69) is 6.07 Å². The molecular formula is C34H24ClN3O4S2. The van der Waals surface area contributed by atoms with E-state index < -0.39 is 12.0 Å². The fourth-order valence-electron chi connectivity index (χ4n) is 4.90. The van der Waals surface area contributed by atoms with Gasteiger partial charge in [-0.05, 0) is 60.3 Å². The topological polar surface area (TPSA) is 93.7 Å². The molecule has 5 aromatic rings. The van der Waals surface area contributed by atoms with Gasteiger partial charge in [-0.15, -0.1) is 11.3 Å². The van der Waals surface area contributed by atoms with Crippen LogP contribution in [-0.2, 0) is 16.1 Å². The van der Waals surface area contributed by atoms with Crippen molar-refractivity contribution in [2.45, 2.75) is 19.6 Å². The zero-order valence-electron chi connectivity index (χ0n) is 23.4. The number of benzene rings is 3. The second-order valence-corrected chi connectivity index (χ2v) is 12.2. The van der Waals surface area contributed by atoms with Gasteiger partial charge in [0.05, 0.1) is 34.0 Å². The van der Waals surface area contributed by atoms with Crippen molar-refractivity contribution >= 4 is 52.0 Å². The predicted molar refractivity (Wildman–Crippen MR) is 172 cm³/mol. The normalized spacial score (nSPS) is 14.5. The molecule has 44 heavy (non-hydrogen) atoms. The van der Waals surface area contributed by atoms with Crippen molar-refractivity contribution in [1.82, 2.24) is 4.57 Å². The van der Waals surface area contributed by atoms with E-state index >= 15 is 0 Å². The quantitative estimate of drug-likeness (QED) is 0.192. The molecule has 0 unspecified atom stereocenters. The summed E-state index contributed by atoms with van der Waals surface area (Å²) in [6, 6.07) is 27.0. The van der Waals surface area contributed by atoms with Crippen LogP contribution < -0.4 is 19.6 Å². The Bertz CT molecular complexity index is 2090. The molecule has 6 rings (SSSR count). The number of hydrogen-bond donors (Lipinski definition) is 0. The van der Waals surface area contributed by atoms with E-state index in [1.54, 1.807) is 47.9 Å². The van der Waals surface area contributed by atoms with Crippen molar-refractivity contribution in [3.63, 3.8) is 0 Å². The molecule has 0 N–H and O–H groups in total. The van der Waals surface area contributed by atoms with Gasteiger partial charge in [-0.25, -0.2) is 9.79 Å². The second kappa shape index (κ2) is 12.9. The third kappa shape index (κ3) is 5.88. The average Bonchev–Trinajstić information content (AvgIpc) is 3.69. The van der Waals surface area contributed by atoms with Crippen molar-refractivity contribution in [3.05, 3.63) is 148 Å². The van der Waals surface area contributed by atoms with E-state index in [0.29, 0.717) is 42.5 Å². The summed E-state index contributed by atoms with van der Waals surface area (Å²) in [7, 11) is 0. The molecule has 0 radical (unpaired) electrons. The number of thiophene rings is 1. The number of ether oxygens (including phenoxy) is 2. The number of nitrogens with zero attached hydrogens (tertiary/aromatic N) is 3. The molecule has 1 atom stereocenters. The average molecular weight is 638 g/mol. The van der Waals surface area contributed by atoms with Crippen LogP contribution in [0.3, 0.4) is 0 Å². The van der Waals surface area contributed by atoms with Crippen molar-refractivity contribution in [2.24, 2.45) is 4.99 Å². The molecular weight excluding hydrogens is 614 g/mol. The standard InChI is InChI=1S/C34H24ClN3O4S2/c1-2-41-33(40)29-30(23-7-4-3-5-8-23)37-34-38(31(29)27-9-6-16-43-27)32(39)28(44-34)18-24-17-25(35)14-15-26(24)42-20-22-12-10-21(19-36)11-13-22/h3-18,31H,2,20H2,1H3/b28-18-/t31-/m1/s1. The van der Waals surface area contributed by atoms with Gasteiger partial charge in [-0.3, -0.25) is 9.36 Å². The summed E-state index contributed by atoms with van der Waals surface area (Å²) in [5, 5.41) is 11.5. The lowest BCUT2D eigenvalue weighted by atomic mass is 9.97. The Morgan fingerprint density at radius 3 is 2.59 bits per heavy atom. The Morgan fingerprint density at radius 1 is 1.09 bits per heavy atom. The number of rotatable bonds is 8. The van der Waals surface area contributed by atoms with E-state index in [4.69, 9.17) is 31.3 Å². The van der Waals surface area contributed by atoms with Gasteiger partial charge in [0.15, 0.2) is 4.80 Å². The largest absolute Gasteiger partial charge is 0.488 e. The SMILES string of the molecule is CCOC(=O)C1=C(c2ccccc2)N=c2s/c(=C\c3cc(Cl)ccc3OCc3ccc(C#N)cc3)c(=O)n2[C@@H]1c1cccs1. The van der Waals surface area contributed by atoms with Crippen LogP contribution in [-0.4, -0.2) is 17.1 Å². The van der Waals surface area contributed by atoms with Crippen molar-refractivity contribution in [2.75, 3.05) is 6.61 Å². The molecule has 7 nitrogen and oxygen atoms in total. The third-order valence-corrected chi connectivity index (χ3v) is 9.06. The Kier molecular flexibility index (Phi) is 8.57. The van der Waals surface area contributed by atoms with Gasteiger partial charge in [0, 0.05) is 21.0 Å². The first-order valence-electron chi connectivity index (χ1n) is 13.7. The number of nitriles is 1. The predicted octanol–water partition coefficient (Wildman–Crippen LogP) is 6.10. The number of esters is 1. The maximum absolute atomic E-state index is 14.1. The maximum atomic E-state index is 14.1. The Balaban J connectivity index is 1.49. The number of fused-ring (bicyclic) bond motifs is 1. The van der Waals surface area contributed by atoms with Crippen molar-refractivity contribution in [1.29, 1.82) is 5.26 Å². The summed E-state index contributed by atoms with van der Waals surface area (Å²) < 4.78 is 13.6. The fraction of sp³-hybridized carbons (Fsp3) is 0.118. The van der Waals surface area contributed by atoms with Crippen LogP contribution in [0.1, 0.15) is 40.1 Å². The van der Waals surface area contributed by atoms with Crippen LogP contribution in [0.4, 0.5) is 0 Å². The Morgan fingerprint density at radius 2 is 1.89 bits per heavy atom. The van der Waals surface area contributed by atoms with E-state index in [1.165, 1.54) is 22.7 Å². The third-order valence-electron chi connectivity index (χ3n) is 6.92. The molecule has 0 spiro atoms. The summed E-state index contributed by atoms with van der Waals surface area (Å²) in [4.78, 5) is 33.8. The van der Waals surface area contributed by atoms with Gasteiger partial charge < -0.3 is 9.47 Å². The number of halogens is 1. The van der Waals surface area contributed by atoms with Crippen LogP contribution in [0, 0.1) is 11.3 Å². The molecule has 1 aliphatic heterocycles. The van der Waals surface area contributed by atoms with Gasteiger partial charge in [0.1, 0.15) is 18.4 Å². The van der Waals surface area contributed by atoms with Gasteiger partial charge in [0.2, 0.25) is 0 Å². The molecule has 2 aromatic heterocycles. The number of hydrogen-bond acceptors (Lipinski definition) is 8. The summed E-state index contributed by atoms with van der Waals surface area (Å²) >= 11 is 9.07. The van der Waals surface area contributed by atoms with Crippen LogP contribution in [0.15, 0.2) is 106 Å². The Labute approximate surface area is 265 Å². The summed E-state index contributed by atoms with van der Waals surface area (Å²) in [6.07, 6.45) is 1.74. The highest BCUT2D eigenvalue weighted by Gasteiger charge is 2.35. The number of aromatic nitrogens is 1. The van der Waals surface area contributed by atoms with Gasteiger partial charge in [0.25, 0.3) is 5.56 Å².